The number of ether oxygens (including phenoxy) is 1. The van der Waals surface area contributed by atoms with Crippen molar-refractivity contribution in [1.82, 2.24) is 13.8 Å². The van der Waals surface area contributed by atoms with E-state index in [4.69, 9.17) is 33.8 Å². The van der Waals surface area contributed by atoms with E-state index in [0.717, 1.165) is 5.56 Å². The average Bonchev–Trinajstić information content (AvgIpc) is 2.75. The van der Waals surface area contributed by atoms with E-state index in [1.54, 1.807) is 37.4 Å². The molecule has 176 valence electrons. The van der Waals surface area contributed by atoms with Crippen LogP contribution < -0.4 is 27.5 Å². The van der Waals surface area contributed by atoms with Gasteiger partial charge in [0.2, 0.25) is 11.2 Å². The van der Waals surface area contributed by atoms with Crippen LogP contribution in [-0.2, 0) is 6.54 Å². The molecule has 10 heteroatoms. The molecule has 0 unspecified atom stereocenters. The van der Waals surface area contributed by atoms with E-state index in [0.29, 0.717) is 27.1 Å². The lowest BCUT2D eigenvalue weighted by Gasteiger charge is -2.18. The predicted octanol–water partition coefficient (Wildman–Crippen LogP) is 3.65. The maximum absolute atomic E-state index is 13.5. The fourth-order valence-corrected chi connectivity index (χ4v) is 3.70. The quantitative estimate of drug-likeness (QED) is 0.534. The molecule has 0 bridgehead atoms. The highest BCUT2D eigenvalue weighted by Gasteiger charge is 2.15. The van der Waals surface area contributed by atoms with Gasteiger partial charge in [0.05, 0.1) is 23.4 Å². The summed E-state index contributed by atoms with van der Waals surface area (Å²) in [6.45, 7) is 7.88. The molecule has 0 radical (unpaired) electrons. The minimum atomic E-state index is -0.285. The van der Waals surface area contributed by atoms with Gasteiger partial charge in [-0.25, -0.2) is 9.79 Å². The van der Waals surface area contributed by atoms with Gasteiger partial charge in [0, 0.05) is 18.1 Å². The summed E-state index contributed by atoms with van der Waals surface area (Å²) in [4.78, 5) is 22.4. The van der Waals surface area contributed by atoms with Crippen molar-refractivity contribution in [2.75, 3.05) is 12.9 Å². The van der Waals surface area contributed by atoms with Crippen molar-refractivity contribution in [2.24, 2.45) is 9.98 Å². The minimum Gasteiger partial charge on any atom is -0.489 e. The molecule has 1 aromatic heterocycles. The van der Waals surface area contributed by atoms with Crippen LogP contribution in [0.25, 0.3) is 0 Å². The number of hydrogen-bond acceptors (Lipinski definition) is 5. The summed E-state index contributed by atoms with van der Waals surface area (Å²) >= 11 is 12.4. The van der Waals surface area contributed by atoms with Gasteiger partial charge >= 0.3 is 5.69 Å². The molecule has 1 heterocycles. The number of benzene rings is 2. The van der Waals surface area contributed by atoms with Gasteiger partial charge in [-0.05, 0) is 63.6 Å². The molecule has 0 saturated carbocycles. The lowest BCUT2D eigenvalue weighted by atomic mass is 10.2. The number of aromatic nitrogens is 3. The van der Waals surface area contributed by atoms with Crippen molar-refractivity contribution in [1.29, 1.82) is 0 Å². The van der Waals surface area contributed by atoms with Crippen LogP contribution in [0.1, 0.15) is 39.3 Å². The normalized spacial score (nSPS) is 12.8. The lowest BCUT2D eigenvalue weighted by molar-refractivity contribution is 0.242. The van der Waals surface area contributed by atoms with Crippen molar-refractivity contribution >= 4 is 28.9 Å². The molecule has 0 spiro atoms. The largest absolute Gasteiger partial charge is 0.489 e. The molecule has 33 heavy (non-hydrogen) atoms. The molecule has 2 N–H and O–H groups in total. The number of nitrogen functional groups attached to an aromatic ring is 1. The smallest absolute Gasteiger partial charge is 0.334 e. The van der Waals surface area contributed by atoms with E-state index in [1.165, 1.54) is 13.8 Å². The van der Waals surface area contributed by atoms with Gasteiger partial charge in [-0.3, -0.25) is 14.1 Å². The second kappa shape index (κ2) is 10.3. The van der Waals surface area contributed by atoms with E-state index in [9.17, 15) is 4.79 Å². The number of hydrogen-bond donors (Lipinski definition) is 1. The Bertz CT molecular complexity index is 1340. The summed E-state index contributed by atoms with van der Waals surface area (Å²) in [7, 11) is 1.58. The molecule has 0 amide bonds. The number of nitrogens with two attached hydrogens (primary N) is 1. The van der Waals surface area contributed by atoms with E-state index in [-0.39, 0.29) is 30.0 Å². The molecule has 0 atom stereocenters. The molecular formula is C23H28Cl2N6O2. The van der Waals surface area contributed by atoms with Crippen molar-refractivity contribution < 1.29 is 4.74 Å². The zero-order chi connectivity index (χ0) is 24.3. The Morgan fingerprint density at radius 3 is 2.24 bits per heavy atom. The Labute approximate surface area is 202 Å². The number of rotatable bonds is 6. The molecule has 0 aliphatic heterocycles. The average molecular weight is 491 g/mol. The van der Waals surface area contributed by atoms with E-state index >= 15 is 0 Å². The monoisotopic (exact) mass is 490 g/mol. The number of nitrogens with zero attached hydrogens (tertiary/aromatic N) is 5. The summed E-state index contributed by atoms with van der Waals surface area (Å²) in [5.74, 6) is 6.99. The summed E-state index contributed by atoms with van der Waals surface area (Å²) in [6.07, 6.45) is -0.0182. The maximum atomic E-state index is 13.5. The van der Waals surface area contributed by atoms with Gasteiger partial charge in [-0.2, -0.15) is 4.68 Å². The predicted molar refractivity (Wildman–Crippen MR) is 132 cm³/mol. The second-order valence-corrected chi connectivity index (χ2v) is 8.89. The van der Waals surface area contributed by atoms with Gasteiger partial charge in [0.25, 0.3) is 0 Å². The Hall–Kier alpha value is -2.97. The third-order valence-electron chi connectivity index (χ3n) is 4.80. The Morgan fingerprint density at radius 2 is 1.70 bits per heavy atom. The standard InChI is InChI=1S/C23H28Cl2N6O2/c1-14(2)30-21(27-5)31(26)22(28-18-10-11-20(19(25)12-18)33-15(3)4)29(23(30)32)13-16-6-8-17(24)9-7-16/h6-12,14-15H,13,26H2,1-5H3. The third kappa shape index (κ3) is 5.51. The highest BCUT2D eigenvalue weighted by atomic mass is 35.5. The highest BCUT2D eigenvalue weighted by molar-refractivity contribution is 6.32. The Morgan fingerprint density at radius 1 is 1.03 bits per heavy atom. The topological polar surface area (TPSA) is 91.8 Å². The molecule has 0 aliphatic carbocycles. The summed E-state index contributed by atoms with van der Waals surface area (Å²) in [6, 6.07) is 12.3. The van der Waals surface area contributed by atoms with Gasteiger partial charge in [-0.1, -0.05) is 35.3 Å². The molecule has 0 aliphatic rings. The van der Waals surface area contributed by atoms with E-state index in [2.05, 4.69) is 9.98 Å². The van der Waals surface area contributed by atoms with Crippen LogP contribution in [0.5, 0.6) is 5.75 Å². The van der Waals surface area contributed by atoms with Crippen molar-refractivity contribution in [3.63, 3.8) is 0 Å². The molecule has 0 saturated heterocycles. The minimum absolute atomic E-state index is 0.0182. The maximum Gasteiger partial charge on any atom is 0.334 e. The van der Waals surface area contributed by atoms with Gasteiger partial charge in [0.1, 0.15) is 5.75 Å². The van der Waals surface area contributed by atoms with Crippen LogP contribution in [0, 0.1) is 0 Å². The van der Waals surface area contributed by atoms with E-state index < -0.39 is 0 Å². The first-order valence-corrected chi connectivity index (χ1v) is 11.3. The van der Waals surface area contributed by atoms with Crippen LogP contribution in [0.4, 0.5) is 5.69 Å². The number of halogens is 2. The molecule has 3 aromatic rings. The van der Waals surface area contributed by atoms with Gasteiger partial charge in [-0.15, -0.1) is 0 Å². The zero-order valence-electron chi connectivity index (χ0n) is 19.3. The molecule has 8 nitrogen and oxygen atoms in total. The van der Waals surface area contributed by atoms with Gasteiger partial charge < -0.3 is 10.6 Å². The van der Waals surface area contributed by atoms with Crippen LogP contribution in [0.15, 0.2) is 57.2 Å². The van der Waals surface area contributed by atoms with Gasteiger partial charge in [0.15, 0.2) is 0 Å². The highest BCUT2D eigenvalue weighted by Crippen LogP contribution is 2.29. The molecular weight excluding hydrogens is 463 g/mol. The molecule has 2 aromatic carbocycles. The summed E-state index contributed by atoms with van der Waals surface area (Å²) in [5, 5.41) is 1.02. The fraction of sp³-hybridized carbons (Fsp3) is 0.348. The van der Waals surface area contributed by atoms with Crippen LogP contribution in [0.3, 0.4) is 0 Å². The second-order valence-electron chi connectivity index (χ2n) is 8.05. The third-order valence-corrected chi connectivity index (χ3v) is 5.35. The van der Waals surface area contributed by atoms with Crippen LogP contribution >= 0.6 is 23.2 Å². The SMILES string of the molecule is CN=c1n(N)c(=Nc2ccc(OC(C)C)c(Cl)c2)n(Cc2ccc(Cl)cc2)c(=O)n1C(C)C. The first-order chi connectivity index (χ1) is 15.6. The summed E-state index contributed by atoms with van der Waals surface area (Å²) < 4.78 is 10.0. The Balaban J connectivity index is 2.29. The summed E-state index contributed by atoms with van der Waals surface area (Å²) in [5.41, 5.74) is 1.62. The molecule has 0 fully saturated rings. The van der Waals surface area contributed by atoms with Crippen molar-refractivity contribution in [3.8, 4) is 5.75 Å². The Kier molecular flexibility index (Phi) is 7.71. The molecule has 3 rings (SSSR count). The zero-order valence-corrected chi connectivity index (χ0v) is 20.8. The lowest BCUT2D eigenvalue weighted by Crippen LogP contribution is -2.58. The first kappa shape index (κ1) is 24.7. The van der Waals surface area contributed by atoms with E-state index in [1.807, 2.05) is 39.8 Å². The fourth-order valence-electron chi connectivity index (χ4n) is 3.35. The van der Waals surface area contributed by atoms with Crippen LogP contribution in [-0.4, -0.2) is 27.0 Å². The van der Waals surface area contributed by atoms with Crippen molar-refractivity contribution in [2.45, 2.75) is 46.4 Å². The van der Waals surface area contributed by atoms with Crippen LogP contribution in [0.2, 0.25) is 10.0 Å². The first-order valence-electron chi connectivity index (χ1n) is 10.5. The van der Waals surface area contributed by atoms with Crippen molar-refractivity contribution in [3.05, 3.63) is 79.8 Å².